The summed E-state index contributed by atoms with van der Waals surface area (Å²) in [5.74, 6) is 0.866. The molecule has 1 aliphatic heterocycles. The SMILES string of the molecule is CC(C)CNC(=O)C1CSCN1C(=O)C=Cc1ccc(F)cc1. The first-order chi connectivity index (χ1) is 11.0. The first-order valence-corrected chi connectivity index (χ1v) is 8.72. The van der Waals surface area contributed by atoms with Gasteiger partial charge in [-0.15, -0.1) is 11.8 Å². The number of nitrogens with one attached hydrogen (secondary N) is 1. The van der Waals surface area contributed by atoms with E-state index in [1.165, 1.54) is 18.2 Å². The molecule has 0 saturated carbocycles. The van der Waals surface area contributed by atoms with E-state index in [-0.39, 0.29) is 17.6 Å². The van der Waals surface area contributed by atoms with Crippen molar-refractivity contribution >= 4 is 29.7 Å². The van der Waals surface area contributed by atoms with Crippen LogP contribution in [0.3, 0.4) is 0 Å². The molecule has 1 saturated heterocycles. The van der Waals surface area contributed by atoms with Gasteiger partial charge in [-0.3, -0.25) is 9.59 Å². The van der Waals surface area contributed by atoms with Gasteiger partial charge in [-0.05, 0) is 29.7 Å². The molecular formula is C17H21FN2O2S. The number of hydrogen-bond acceptors (Lipinski definition) is 3. The van der Waals surface area contributed by atoms with Gasteiger partial charge in [-0.25, -0.2) is 4.39 Å². The second kappa shape index (κ2) is 8.15. The molecule has 23 heavy (non-hydrogen) atoms. The lowest BCUT2D eigenvalue weighted by molar-refractivity contribution is -0.134. The van der Waals surface area contributed by atoms with E-state index in [2.05, 4.69) is 5.32 Å². The topological polar surface area (TPSA) is 49.4 Å². The molecule has 1 atom stereocenters. The normalized spacial score (nSPS) is 17.9. The fourth-order valence-electron chi connectivity index (χ4n) is 2.14. The van der Waals surface area contributed by atoms with Crippen LogP contribution in [0.25, 0.3) is 6.08 Å². The van der Waals surface area contributed by atoms with Crippen LogP contribution in [0, 0.1) is 11.7 Å². The highest BCUT2D eigenvalue weighted by Crippen LogP contribution is 2.21. The lowest BCUT2D eigenvalue weighted by Crippen LogP contribution is -2.47. The lowest BCUT2D eigenvalue weighted by Gasteiger charge is -2.22. The molecule has 1 aliphatic rings. The van der Waals surface area contributed by atoms with E-state index < -0.39 is 6.04 Å². The van der Waals surface area contributed by atoms with Gasteiger partial charge in [0.2, 0.25) is 11.8 Å². The Kier molecular flexibility index (Phi) is 6.21. The number of hydrogen-bond donors (Lipinski definition) is 1. The maximum atomic E-state index is 12.9. The van der Waals surface area contributed by atoms with Crippen LogP contribution in [0.2, 0.25) is 0 Å². The number of rotatable bonds is 5. The maximum Gasteiger partial charge on any atom is 0.247 e. The zero-order valence-corrected chi connectivity index (χ0v) is 14.1. The number of nitrogens with zero attached hydrogens (tertiary/aromatic N) is 1. The van der Waals surface area contributed by atoms with Gasteiger partial charge < -0.3 is 10.2 Å². The molecule has 2 amide bonds. The van der Waals surface area contributed by atoms with Crippen molar-refractivity contribution < 1.29 is 14.0 Å². The van der Waals surface area contributed by atoms with Gasteiger partial charge in [0, 0.05) is 18.4 Å². The average Bonchev–Trinajstić information content (AvgIpc) is 3.01. The van der Waals surface area contributed by atoms with E-state index in [9.17, 15) is 14.0 Å². The number of thioether (sulfide) groups is 1. The number of amides is 2. The highest BCUT2D eigenvalue weighted by atomic mass is 32.2. The summed E-state index contributed by atoms with van der Waals surface area (Å²) in [6, 6.07) is 5.47. The Morgan fingerprint density at radius 3 is 2.74 bits per heavy atom. The predicted molar refractivity (Wildman–Crippen MR) is 91.2 cm³/mol. The third-order valence-corrected chi connectivity index (χ3v) is 4.45. The van der Waals surface area contributed by atoms with E-state index in [1.54, 1.807) is 34.9 Å². The molecular weight excluding hydrogens is 315 g/mol. The molecule has 0 bridgehead atoms. The molecule has 6 heteroatoms. The molecule has 124 valence electrons. The van der Waals surface area contributed by atoms with Gasteiger partial charge in [0.1, 0.15) is 11.9 Å². The fourth-order valence-corrected chi connectivity index (χ4v) is 3.30. The Balaban J connectivity index is 1.97. The van der Waals surface area contributed by atoms with Crippen molar-refractivity contribution in [2.75, 3.05) is 18.2 Å². The monoisotopic (exact) mass is 336 g/mol. The summed E-state index contributed by atoms with van der Waals surface area (Å²) >= 11 is 1.57. The van der Waals surface area contributed by atoms with E-state index in [0.717, 1.165) is 5.56 Å². The molecule has 1 unspecified atom stereocenters. The molecule has 0 spiro atoms. The first-order valence-electron chi connectivity index (χ1n) is 7.57. The highest BCUT2D eigenvalue weighted by molar-refractivity contribution is 7.99. The highest BCUT2D eigenvalue weighted by Gasteiger charge is 2.33. The van der Waals surface area contributed by atoms with Crippen molar-refractivity contribution in [3.05, 3.63) is 41.7 Å². The van der Waals surface area contributed by atoms with Crippen molar-refractivity contribution in [3.8, 4) is 0 Å². The summed E-state index contributed by atoms with van der Waals surface area (Å²) in [7, 11) is 0. The average molecular weight is 336 g/mol. The lowest BCUT2D eigenvalue weighted by atomic mass is 10.2. The summed E-state index contributed by atoms with van der Waals surface area (Å²) < 4.78 is 12.9. The van der Waals surface area contributed by atoms with Gasteiger partial charge in [0.25, 0.3) is 0 Å². The molecule has 1 heterocycles. The molecule has 2 rings (SSSR count). The molecule has 4 nitrogen and oxygen atoms in total. The minimum Gasteiger partial charge on any atom is -0.354 e. The number of carbonyl (C=O) groups excluding carboxylic acids is 2. The number of benzene rings is 1. The van der Waals surface area contributed by atoms with Crippen LogP contribution in [0.15, 0.2) is 30.3 Å². The van der Waals surface area contributed by atoms with E-state index in [0.29, 0.717) is 24.1 Å². The Morgan fingerprint density at radius 2 is 2.09 bits per heavy atom. The summed E-state index contributed by atoms with van der Waals surface area (Å²) in [5, 5.41) is 2.88. The summed E-state index contributed by atoms with van der Waals surface area (Å²) in [4.78, 5) is 26.1. The second-order valence-electron chi connectivity index (χ2n) is 5.85. The smallest absolute Gasteiger partial charge is 0.247 e. The van der Waals surface area contributed by atoms with Crippen LogP contribution in [-0.2, 0) is 9.59 Å². The Bertz CT molecular complexity index is 587. The van der Waals surface area contributed by atoms with Crippen molar-refractivity contribution in [1.82, 2.24) is 10.2 Å². The van der Waals surface area contributed by atoms with Crippen LogP contribution < -0.4 is 5.32 Å². The molecule has 1 aromatic carbocycles. The molecule has 0 aromatic heterocycles. The number of carbonyl (C=O) groups is 2. The Hall–Kier alpha value is -1.82. The summed E-state index contributed by atoms with van der Waals surface area (Å²) in [6.45, 7) is 4.66. The number of halogens is 1. The second-order valence-corrected chi connectivity index (χ2v) is 6.85. The van der Waals surface area contributed by atoms with Gasteiger partial charge in [-0.2, -0.15) is 0 Å². The molecule has 1 aromatic rings. The molecule has 1 fully saturated rings. The minimum absolute atomic E-state index is 0.104. The third kappa shape index (κ3) is 5.10. The summed E-state index contributed by atoms with van der Waals surface area (Å²) in [6.07, 6.45) is 3.07. The van der Waals surface area contributed by atoms with E-state index in [4.69, 9.17) is 0 Å². The van der Waals surface area contributed by atoms with Gasteiger partial charge in [0.15, 0.2) is 0 Å². The van der Waals surface area contributed by atoms with E-state index in [1.807, 2.05) is 13.8 Å². The van der Waals surface area contributed by atoms with Crippen LogP contribution in [0.1, 0.15) is 19.4 Å². The van der Waals surface area contributed by atoms with Gasteiger partial charge in [-0.1, -0.05) is 26.0 Å². The van der Waals surface area contributed by atoms with Crippen molar-refractivity contribution in [1.29, 1.82) is 0 Å². The van der Waals surface area contributed by atoms with E-state index >= 15 is 0 Å². The van der Waals surface area contributed by atoms with Crippen LogP contribution in [0.5, 0.6) is 0 Å². The Morgan fingerprint density at radius 1 is 1.39 bits per heavy atom. The van der Waals surface area contributed by atoms with Crippen LogP contribution >= 0.6 is 11.8 Å². The fraction of sp³-hybridized carbons (Fsp3) is 0.412. The maximum absolute atomic E-state index is 12.9. The zero-order chi connectivity index (χ0) is 16.8. The largest absolute Gasteiger partial charge is 0.354 e. The third-order valence-electron chi connectivity index (χ3n) is 3.44. The van der Waals surface area contributed by atoms with Crippen LogP contribution in [-0.4, -0.2) is 40.9 Å². The first kappa shape index (κ1) is 17.5. The standard InChI is InChI=1S/C17H21FN2O2S/c1-12(2)9-19-17(22)15-10-23-11-20(15)16(21)8-5-13-3-6-14(18)7-4-13/h3-8,12,15H,9-11H2,1-2H3,(H,19,22). The minimum atomic E-state index is -0.427. The molecule has 0 aliphatic carbocycles. The summed E-state index contributed by atoms with van der Waals surface area (Å²) in [5.41, 5.74) is 0.743. The van der Waals surface area contributed by atoms with Gasteiger partial charge in [0.05, 0.1) is 5.88 Å². The Labute approximate surface area is 140 Å². The molecule has 1 N–H and O–H groups in total. The van der Waals surface area contributed by atoms with Crippen molar-refractivity contribution in [2.45, 2.75) is 19.9 Å². The molecule has 0 radical (unpaired) electrons. The van der Waals surface area contributed by atoms with Crippen molar-refractivity contribution in [2.24, 2.45) is 5.92 Å². The van der Waals surface area contributed by atoms with Crippen LogP contribution in [0.4, 0.5) is 4.39 Å². The quantitative estimate of drug-likeness (QED) is 0.841. The zero-order valence-electron chi connectivity index (χ0n) is 13.3. The van der Waals surface area contributed by atoms with Gasteiger partial charge >= 0.3 is 0 Å². The van der Waals surface area contributed by atoms with Crippen molar-refractivity contribution in [3.63, 3.8) is 0 Å². The predicted octanol–water partition coefficient (Wildman–Crippen LogP) is 2.51.